The van der Waals surface area contributed by atoms with Gasteiger partial charge in [0.1, 0.15) is 0 Å². The van der Waals surface area contributed by atoms with Crippen LogP contribution in [0.3, 0.4) is 0 Å². The van der Waals surface area contributed by atoms with Gasteiger partial charge in [-0.3, -0.25) is 0 Å². The zero-order valence-corrected chi connectivity index (χ0v) is 5.56. The molecule has 2 nitrogen and oxygen atoms in total. The van der Waals surface area contributed by atoms with Crippen LogP contribution in [0.2, 0.25) is 0 Å². The first-order valence-corrected chi connectivity index (χ1v) is 2.67. The molecule has 0 aliphatic heterocycles. The van der Waals surface area contributed by atoms with Crippen LogP contribution in [0.4, 0.5) is 4.79 Å². The second-order valence-corrected chi connectivity index (χ2v) is 1.55. The van der Waals surface area contributed by atoms with E-state index < -0.39 is 0 Å². The Morgan fingerprint density at radius 3 is 2.50 bits per heavy atom. The van der Waals surface area contributed by atoms with Crippen LogP contribution in [0.25, 0.3) is 0 Å². The molecule has 0 fully saturated rings. The highest BCUT2D eigenvalue weighted by molar-refractivity contribution is 14.1. The molecule has 0 aliphatic rings. The van der Waals surface area contributed by atoms with Gasteiger partial charge in [0.25, 0.3) is 0 Å². The minimum absolute atomic E-state index is 0.241. The Labute approximate surface area is 50.0 Å². The van der Waals surface area contributed by atoms with Gasteiger partial charge in [0, 0.05) is 0 Å². The minimum atomic E-state index is -0.241. The van der Waals surface area contributed by atoms with Crippen molar-refractivity contribution in [3.8, 4) is 0 Å². The van der Waals surface area contributed by atoms with Crippen LogP contribution in [-0.2, 0) is 4.74 Å². The van der Waals surface area contributed by atoms with E-state index in [0.717, 1.165) is 0 Å². The number of rotatable bonds is 1. The second kappa shape index (κ2) is 3.39. The van der Waals surface area contributed by atoms with Crippen LogP contribution in [0, 0.1) is 0 Å². The quantitative estimate of drug-likeness (QED) is 0.474. The maximum absolute atomic E-state index is 9.81. The summed E-state index contributed by atoms with van der Waals surface area (Å²) in [5.74, 6) is 0. The van der Waals surface area contributed by atoms with Crippen molar-refractivity contribution in [2.45, 2.75) is 6.92 Å². The number of ether oxygens (including phenoxy) is 1. The predicted molar refractivity (Wildman–Crippen MR) is 31.0 cm³/mol. The van der Waals surface area contributed by atoms with E-state index in [2.05, 4.69) is 4.74 Å². The van der Waals surface area contributed by atoms with Gasteiger partial charge in [-0.15, -0.1) is 0 Å². The lowest BCUT2D eigenvalue weighted by Crippen LogP contribution is -1.88. The van der Waals surface area contributed by atoms with Gasteiger partial charge >= 0.3 is 3.98 Å². The van der Waals surface area contributed by atoms with E-state index in [1.807, 2.05) is 0 Å². The summed E-state index contributed by atoms with van der Waals surface area (Å²) in [7, 11) is 0. The standard InChI is InChI=1S/C3H5IO2/c1-2-6-3(4)5/h2H2,1H3. The Morgan fingerprint density at radius 1 is 2.00 bits per heavy atom. The number of halogens is 1. The van der Waals surface area contributed by atoms with Gasteiger partial charge in [0.2, 0.25) is 0 Å². The van der Waals surface area contributed by atoms with Crippen molar-refractivity contribution < 1.29 is 9.53 Å². The summed E-state index contributed by atoms with van der Waals surface area (Å²) >= 11 is 1.58. The van der Waals surface area contributed by atoms with E-state index in [4.69, 9.17) is 0 Å². The van der Waals surface area contributed by atoms with Crippen molar-refractivity contribution in [1.29, 1.82) is 0 Å². The summed E-state index contributed by atoms with van der Waals surface area (Å²) < 4.78 is 4.15. The molecule has 0 aromatic heterocycles. The Bertz CT molecular complexity index is 52.8. The van der Waals surface area contributed by atoms with Gasteiger partial charge < -0.3 is 4.74 Å². The maximum atomic E-state index is 9.81. The molecule has 0 rings (SSSR count). The van der Waals surface area contributed by atoms with Crippen LogP contribution in [0.15, 0.2) is 0 Å². The Morgan fingerprint density at radius 2 is 2.50 bits per heavy atom. The average molecular weight is 200 g/mol. The maximum Gasteiger partial charge on any atom is 0.367 e. The zero-order chi connectivity index (χ0) is 4.99. The minimum Gasteiger partial charge on any atom is -0.458 e. The molecule has 0 bridgehead atoms. The van der Waals surface area contributed by atoms with Gasteiger partial charge in [-0.1, -0.05) is 0 Å². The number of hydrogen-bond donors (Lipinski definition) is 0. The summed E-state index contributed by atoms with van der Waals surface area (Å²) in [6.07, 6.45) is 0. The van der Waals surface area contributed by atoms with Crippen molar-refractivity contribution >= 4 is 26.6 Å². The number of carbonyl (C=O) groups is 1. The molecule has 6 heavy (non-hydrogen) atoms. The summed E-state index contributed by atoms with van der Waals surface area (Å²) in [6.45, 7) is 2.25. The van der Waals surface area contributed by atoms with E-state index >= 15 is 0 Å². The summed E-state index contributed by atoms with van der Waals surface area (Å²) in [4.78, 5) is 9.81. The van der Waals surface area contributed by atoms with E-state index in [1.165, 1.54) is 0 Å². The molecule has 0 saturated heterocycles. The van der Waals surface area contributed by atoms with Crippen molar-refractivity contribution in [3.63, 3.8) is 0 Å². The molecule has 0 saturated carbocycles. The highest BCUT2D eigenvalue weighted by Gasteiger charge is 1.84. The molecule has 0 aromatic carbocycles. The molecule has 0 aromatic rings. The highest BCUT2D eigenvalue weighted by Crippen LogP contribution is 1.88. The Balaban J connectivity index is 2.83. The van der Waals surface area contributed by atoms with Crippen molar-refractivity contribution in [3.05, 3.63) is 0 Å². The molecular weight excluding hydrogens is 195 g/mol. The third-order valence-electron chi connectivity index (χ3n) is 0.258. The molecule has 0 spiro atoms. The van der Waals surface area contributed by atoms with Crippen LogP contribution in [0.1, 0.15) is 6.92 Å². The molecule has 0 atom stereocenters. The van der Waals surface area contributed by atoms with Crippen molar-refractivity contribution in [2.75, 3.05) is 6.61 Å². The molecule has 0 radical (unpaired) electrons. The second-order valence-electron chi connectivity index (χ2n) is 0.671. The van der Waals surface area contributed by atoms with Crippen molar-refractivity contribution in [1.82, 2.24) is 0 Å². The fraction of sp³-hybridized carbons (Fsp3) is 0.667. The lowest BCUT2D eigenvalue weighted by molar-refractivity contribution is 0.185. The largest absolute Gasteiger partial charge is 0.458 e. The molecule has 3 heteroatoms. The zero-order valence-electron chi connectivity index (χ0n) is 3.40. The lowest BCUT2D eigenvalue weighted by atomic mass is 10.9. The summed E-state index contributed by atoms with van der Waals surface area (Å²) in [6, 6.07) is 0. The van der Waals surface area contributed by atoms with Gasteiger partial charge in [-0.25, -0.2) is 4.79 Å². The van der Waals surface area contributed by atoms with Crippen molar-refractivity contribution in [2.24, 2.45) is 0 Å². The number of hydrogen-bond acceptors (Lipinski definition) is 2. The molecule has 0 amide bonds. The topological polar surface area (TPSA) is 26.3 Å². The Hall–Kier alpha value is 0.200. The highest BCUT2D eigenvalue weighted by atomic mass is 127. The smallest absolute Gasteiger partial charge is 0.367 e. The molecule has 0 heterocycles. The summed E-state index contributed by atoms with van der Waals surface area (Å²) in [5, 5.41) is 0. The first-order valence-electron chi connectivity index (χ1n) is 1.59. The fourth-order valence-electron chi connectivity index (χ4n) is 0.113. The van der Waals surface area contributed by atoms with Crippen LogP contribution < -0.4 is 0 Å². The molecule has 0 unspecified atom stereocenters. The summed E-state index contributed by atoms with van der Waals surface area (Å²) in [5.41, 5.74) is 0. The normalized spacial score (nSPS) is 7.67. The lowest BCUT2D eigenvalue weighted by Gasteiger charge is -1.87. The first kappa shape index (κ1) is 6.20. The van der Waals surface area contributed by atoms with E-state index in [-0.39, 0.29) is 3.98 Å². The SMILES string of the molecule is CCOC(=O)I. The van der Waals surface area contributed by atoms with Crippen LogP contribution in [0.5, 0.6) is 0 Å². The number of carbonyl (C=O) groups excluding carboxylic acids is 1. The van der Waals surface area contributed by atoms with E-state index in [1.54, 1.807) is 29.5 Å². The van der Waals surface area contributed by atoms with E-state index in [9.17, 15) is 4.79 Å². The van der Waals surface area contributed by atoms with Gasteiger partial charge in [-0.05, 0) is 6.92 Å². The van der Waals surface area contributed by atoms with Gasteiger partial charge in [-0.2, -0.15) is 0 Å². The monoisotopic (exact) mass is 200 g/mol. The van der Waals surface area contributed by atoms with Gasteiger partial charge in [0.05, 0.1) is 29.2 Å². The molecule has 0 aliphatic carbocycles. The fourth-order valence-corrected chi connectivity index (χ4v) is 0.425. The first-order chi connectivity index (χ1) is 2.77. The third-order valence-corrected chi connectivity index (χ3v) is 0.569. The van der Waals surface area contributed by atoms with Gasteiger partial charge in [0.15, 0.2) is 0 Å². The average Bonchev–Trinajstić information content (AvgIpc) is 1.35. The predicted octanol–water partition coefficient (Wildman–Crippen LogP) is 1.58. The molecular formula is C3H5IO2. The molecule has 0 N–H and O–H groups in total. The Kier molecular flexibility index (Phi) is 3.51. The van der Waals surface area contributed by atoms with E-state index in [0.29, 0.717) is 6.61 Å². The van der Waals surface area contributed by atoms with Crippen LogP contribution in [-0.4, -0.2) is 10.6 Å². The molecule has 36 valence electrons. The van der Waals surface area contributed by atoms with Crippen LogP contribution >= 0.6 is 22.6 Å². The third kappa shape index (κ3) is 4.20.